The fraction of sp³-hybridized carbons (Fsp3) is 0.552. The van der Waals surface area contributed by atoms with Crippen molar-refractivity contribution in [2.24, 2.45) is 11.8 Å². The van der Waals surface area contributed by atoms with Gasteiger partial charge in [0.25, 0.3) is 0 Å². The average Bonchev–Trinajstić information content (AvgIpc) is 2.90. The average molecular weight is 529 g/mol. The molecule has 0 radical (unpaired) electrons. The number of sulfonamides is 1. The van der Waals surface area contributed by atoms with Gasteiger partial charge in [-0.25, -0.2) is 8.42 Å². The zero-order valence-corrected chi connectivity index (χ0v) is 23.2. The van der Waals surface area contributed by atoms with E-state index in [0.717, 1.165) is 42.4 Å². The van der Waals surface area contributed by atoms with Gasteiger partial charge in [0.05, 0.1) is 13.2 Å². The Labute approximate surface area is 221 Å². The second-order valence-corrected chi connectivity index (χ2v) is 12.7. The molecule has 37 heavy (non-hydrogen) atoms. The van der Waals surface area contributed by atoms with Gasteiger partial charge in [-0.2, -0.15) is 4.31 Å². The summed E-state index contributed by atoms with van der Waals surface area (Å²) in [5, 5.41) is 9.87. The molecule has 3 atom stereocenters. The van der Waals surface area contributed by atoms with Crippen LogP contribution in [0.5, 0.6) is 5.75 Å². The van der Waals surface area contributed by atoms with Crippen molar-refractivity contribution in [1.82, 2.24) is 9.21 Å². The predicted octanol–water partition coefficient (Wildman–Crippen LogP) is 4.47. The van der Waals surface area contributed by atoms with Crippen LogP contribution in [0.15, 0.2) is 47.4 Å². The van der Waals surface area contributed by atoms with Gasteiger partial charge in [-0.05, 0) is 49.9 Å². The number of ether oxygens (including phenoxy) is 1. The quantitative estimate of drug-likeness (QED) is 0.598. The minimum atomic E-state index is -3.91. The molecule has 0 unspecified atom stereocenters. The van der Waals surface area contributed by atoms with E-state index in [0.29, 0.717) is 6.54 Å². The number of aliphatic hydroxyl groups is 1. The number of aliphatic hydroxyl groups excluding tert-OH is 1. The fourth-order valence-corrected chi connectivity index (χ4v) is 7.22. The highest BCUT2D eigenvalue weighted by atomic mass is 32.2. The number of carbonyl (C=O) groups is 1. The number of likely N-dealkylation sites (N-methyl/N-ethyl adjacent to an activating group) is 1. The third-order valence-corrected chi connectivity index (χ3v) is 9.86. The third kappa shape index (κ3) is 6.02. The van der Waals surface area contributed by atoms with E-state index in [-0.39, 0.29) is 41.5 Å². The van der Waals surface area contributed by atoms with Crippen molar-refractivity contribution < 1.29 is 23.1 Å². The standard InChI is InChI=1S/C29H40N2O5S/c1-20-10-12-23(13-11-20)25-14-15-28-26(16-25)36-27(18-30(4)29(33)24-8-6-5-7-9-24)21(2)17-31(22(3)19-32)37(28,34)35/h10-16,21-22,24,27,32H,5-9,17-19H2,1-4H3/t21-,22-,27+/m1/s1. The fourth-order valence-electron chi connectivity index (χ4n) is 5.39. The summed E-state index contributed by atoms with van der Waals surface area (Å²) in [6.07, 6.45) is 4.79. The van der Waals surface area contributed by atoms with Crippen LogP contribution < -0.4 is 4.74 Å². The topological polar surface area (TPSA) is 87.2 Å². The number of hydrogen-bond donors (Lipinski definition) is 1. The highest BCUT2D eigenvalue weighted by molar-refractivity contribution is 7.89. The monoisotopic (exact) mass is 528 g/mol. The summed E-state index contributed by atoms with van der Waals surface area (Å²) in [4.78, 5) is 15.0. The molecule has 1 aliphatic carbocycles. The van der Waals surface area contributed by atoms with Gasteiger partial charge >= 0.3 is 0 Å². The molecule has 8 heteroatoms. The number of fused-ring (bicyclic) bond motifs is 1. The van der Waals surface area contributed by atoms with Crippen molar-refractivity contribution in [3.63, 3.8) is 0 Å². The first-order valence-electron chi connectivity index (χ1n) is 13.4. The first kappa shape index (κ1) is 27.6. The lowest BCUT2D eigenvalue weighted by molar-refractivity contribution is -0.136. The SMILES string of the molecule is Cc1ccc(-c2ccc3c(c2)O[C@@H](CN(C)C(=O)C2CCCCC2)[C@H](C)CN([C@H](C)CO)S3(=O)=O)cc1. The number of benzene rings is 2. The summed E-state index contributed by atoms with van der Waals surface area (Å²) in [5.74, 6) is 0.263. The van der Waals surface area contributed by atoms with E-state index in [9.17, 15) is 18.3 Å². The van der Waals surface area contributed by atoms with Gasteiger partial charge in [0.1, 0.15) is 16.7 Å². The molecule has 0 spiro atoms. The van der Waals surface area contributed by atoms with Crippen LogP contribution in [0.3, 0.4) is 0 Å². The molecular weight excluding hydrogens is 488 g/mol. The Bertz CT molecular complexity index is 1190. The Kier molecular flexibility index (Phi) is 8.61. The Morgan fingerprint density at radius 1 is 1.11 bits per heavy atom. The maximum absolute atomic E-state index is 13.7. The molecule has 1 aliphatic heterocycles. The zero-order valence-electron chi connectivity index (χ0n) is 22.4. The van der Waals surface area contributed by atoms with Crippen molar-refractivity contribution in [1.29, 1.82) is 0 Å². The Morgan fingerprint density at radius 3 is 2.41 bits per heavy atom. The number of rotatable bonds is 6. The van der Waals surface area contributed by atoms with Gasteiger partial charge in [-0.3, -0.25) is 4.79 Å². The number of nitrogens with zero attached hydrogens (tertiary/aromatic N) is 2. The van der Waals surface area contributed by atoms with Crippen molar-refractivity contribution in [2.45, 2.75) is 69.9 Å². The first-order valence-corrected chi connectivity index (χ1v) is 14.8. The van der Waals surface area contributed by atoms with Gasteiger partial charge in [0.2, 0.25) is 15.9 Å². The van der Waals surface area contributed by atoms with Crippen molar-refractivity contribution in [2.75, 3.05) is 26.7 Å². The van der Waals surface area contributed by atoms with Crippen LogP contribution >= 0.6 is 0 Å². The van der Waals surface area contributed by atoms with Crippen LogP contribution in [0.2, 0.25) is 0 Å². The minimum absolute atomic E-state index is 0.0503. The summed E-state index contributed by atoms with van der Waals surface area (Å²) in [7, 11) is -2.09. The van der Waals surface area contributed by atoms with Crippen LogP contribution in [0.1, 0.15) is 51.5 Å². The molecule has 0 saturated heterocycles. The van der Waals surface area contributed by atoms with E-state index in [1.165, 1.54) is 10.7 Å². The molecule has 1 N–H and O–H groups in total. The molecule has 4 rings (SSSR count). The molecule has 1 heterocycles. The molecule has 2 aromatic carbocycles. The Balaban J connectivity index is 1.71. The highest BCUT2D eigenvalue weighted by Gasteiger charge is 2.39. The van der Waals surface area contributed by atoms with Gasteiger partial charge in [-0.1, -0.05) is 62.1 Å². The van der Waals surface area contributed by atoms with Crippen LogP contribution in [-0.2, 0) is 14.8 Å². The lowest BCUT2D eigenvalue weighted by Gasteiger charge is -2.38. The van der Waals surface area contributed by atoms with E-state index < -0.39 is 22.2 Å². The van der Waals surface area contributed by atoms with Gasteiger partial charge in [0, 0.05) is 31.5 Å². The minimum Gasteiger partial charge on any atom is -0.487 e. The van der Waals surface area contributed by atoms with Crippen LogP contribution in [0, 0.1) is 18.8 Å². The molecular formula is C29H40N2O5S. The van der Waals surface area contributed by atoms with Crippen LogP contribution in [-0.4, -0.2) is 67.5 Å². The molecule has 202 valence electrons. The highest BCUT2D eigenvalue weighted by Crippen LogP contribution is 2.37. The Morgan fingerprint density at radius 2 is 1.76 bits per heavy atom. The Hall–Kier alpha value is -2.42. The van der Waals surface area contributed by atoms with Crippen molar-refractivity contribution in [3.05, 3.63) is 48.0 Å². The van der Waals surface area contributed by atoms with Gasteiger partial charge in [0.15, 0.2) is 0 Å². The molecule has 0 aromatic heterocycles. The van der Waals surface area contributed by atoms with Crippen LogP contribution in [0.4, 0.5) is 0 Å². The first-order chi connectivity index (χ1) is 17.6. The second-order valence-electron chi connectivity index (χ2n) is 10.8. The summed E-state index contributed by atoms with van der Waals surface area (Å²) < 4.78 is 35.3. The maximum atomic E-state index is 13.7. The lowest BCUT2D eigenvalue weighted by Crippen LogP contribution is -2.50. The van der Waals surface area contributed by atoms with E-state index in [4.69, 9.17) is 4.74 Å². The lowest BCUT2D eigenvalue weighted by atomic mass is 9.88. The number of amides is 1. The van der Waals surface area contributed by atoms with E-state index in [1.54, 1.807) is 30.0 Å². The summed E-state index contributed by atoms with van der Waals surface area (Å²) in [6, 6.07) is 12.6. The smallest absolute Gasteiger partial charge is 0.247 e. The molecule has 1 fully saturated rings. The summed E-state index contributed by atoms with van der Waals surface area (Å²) in [6.45, 7) is 5.96. The van der Waals surface area contributed by atoms with E-state index >= 15 is 0 Å². The predicted molar refractivity (Wildman–Crippen MR) is 145 cm³/mol. The molecule has 2 aromatic rings. The molecule has 1 amide bonds. The number of aryl methyl sites for hydroxylation is 1. The molecule has 7 nitrogen and oxygen atoms in total. The molecule has 2 aliphatic rings. The summed E-state index contributed by atoms with van der Waals surface area (Å²) in [5.41, 5.74) is 2.96. The van der Waals surface area contributed by atoms with E-state index in [1.807, 2.05) is 45.2 Å². The maximum Gasteiger partial charge on any atom is 0.247 e. The summed E-state index contributed by atoms with van der Waals surface area (Å²) >= 11 is 0. The third-order valence-electron chi connectivity index (χ3n) is 7.84. The van der Waals surface area contributed by atoms with Crippen molar-refractivity contribution >= 4 is 15.9 Å². The normalized spacial score (nSPS) is 23.3. The largest absolute Gasteiger partial charge is 0.487 e. The second kappa shape index (κ2) is 11.5. The number of carbonyl (C=O) groups excluding carboxylic acids is 1. The van der Waals surface area contributed by atoms with Crippen molar-refractivity contribution in [3.8, 4) is 16.9 Å². The molecule has 1 saturated carbocycles. The van der Waals surface area contributed by atoms with E-state index in [2.05, 4.69) is 0 Å². The zero-order chi connectivity index (χ0) is 26.7. The molecule has 0 bridgehead atoms. The number of hydrogen-bond acceptors (Lipinski definition) is 5. The van der Waals surface area contributed by atoms with Gasteiger partial charge in [-0.15, -0.1) is 0 Å². The van der Waals surface area contributed by atoms with Gasteiger partial charge < -0.3 is 14.7 Å². The van der Waals surface area contributed by atoms with Crippen LogP contribution in [0.25, 0.3) is 11.1 Å².